The zero-order valence-corrected chi connectivity index (χ0v) is 17.7. The molecule has 1 atom stereocenters. The number of hydrogen-bond donors (Lipinski definition) is 1. The molecule has 28 heavy (non-hydrogen) atoms. The molecule has 7 heteroatoms. The number of sulfonamides is 1. The van der Waals surface area contributed by atoms with Crippen molar-refractivity contribution in [1.29, 1.82) is 0 Å². The number of halogens is 1. The molecule has 0 spiro atoms. The van der Waals surface area contributed by atoms with Crippen LogP contribution in [0.3, 0.4) is 0 Å². The molecule has 0 aliphatic heterocycles. The van der Waals surface area contributed by atoms with E-state index >= 15 is 0 Å². The Balaban J connectivity index is 2.15. The van der Waals surface area contributed by atoms with Crippen molar-refractivity contribution in [2.24, 2.45) is 0 Å². The topological polar surface area (TPSA) is 66.5 Å². The van der Waals surface area contributed by atoms with Gasteiger partial charge in [0.1, 0.15) is 5.67 Å². The van der Waals surface area contributed by atoms with Gasteiger partial charge in [0.15, 0.2) is 0 Å². The van der Waals surface area contributed by atoms with Crippen molar-refractivity contribution in [2.45, 2.75) is 31.7 Å². The van der Waals surface area contributed by atoms with E-state index in [2.05, 4.69) is 4.72 Å². The van der Waals surface area contributed by atoms with Gasteiger partial charge in [0, 0.05) is 26.2 Å². The Morgan fingerprint density at radius 1 is 1.04 bits per heavy atom. The fourth-order valence-corrected chi connectivity index (χ4v) is 3.38. The van der Waals surface area contributed by atoms with E-state index in [1.807, 2.05) is 12.1 Å². The van der Waals surface area contributed by atoms with Crippen LogP contribution in [-0.2, 0) is 15.7 Å². The summed E-state index contributed by atoms with van der Waals surface area (Å²) in [6.07, 6.45) is 0. The highest BCUT2D eigenvalue weighted by Crippen LogP contribution is 2.28. The van der Waals surface area contributed by atoms with Crippen LogP contribution in [0, 0.1) is 0 Å². The van der Waals surface area contributed by atoms with Crippen LogP contribution in [0.2, 0.25) is 0 Å². The summed E-state index contributed by atoms with van der Waals surface area (Å²) >= 11 is 0. The van der Waals surface area contributed by atoms with E-state index < -0.39 is 20.9 Å². The van der Waals surface area contributed by atoms with Crippen LogP contribution in [-0.4, -0.2) is 45.1 Å². The van der Waals surface area contributed by atoms with Crippen LogP contribution >= 0.6 is 0 Å². The SMILES string of the molecule is CC(C)S(=O)(=O)NCC(C)(F)c1ccc(-c2ccc(C(=O)N(C)C)cc2)cc1. The van der Waals surface area contributed by atoms with Crippen LogP contribution in [0.15, 0.2) is 48.5 Å². The van der Waals surface area contributed by atoms with Gasteiger partial charge in [-0.2, -0.15) is 0 Å². The Kier molecular flexibility index (Phi) is 6.62. The second kappa shape index (κ2) is 8.41. The molecular formula is C21H27FN2O3S. The van der Waals surface area contributed by atoms with Gasteiger partial charge < -0.3 is 4.90 Å². The summed E-state index contributed by atoms with van der Waals surface area (Å²) in [5.41, 5.74) is 0.943. The number of benzene rings is 2. The van der Waals surface area contributed by atoms with Crippen molar-refractivity contribution >= 4 is 15.9 Å². The van der Waals surface area contributed by atoms with Gasteiger partial charge in [0.05, 0.1) is 5.25 Å². The Labute approximate surface area is 166 Å². The second-order valence-corrected chi connectivity index (χ2v) is 9.79. The molecule has 0 aliphatic carbocycles. The lowest BCUT2D eigenvalue weighted by molar-refractivity contribution is 0.0827. The fourth-order valence-electron chi connectivity index (χ4n) is 2.58. The number of nitrogens with one attached hydrogen (secondary N) is 1. The van der Waals surface area contributed by atoms with Gasteiger partial charge in [-0.05, 0) is 49.6 Å². The fraction of sp³-hybridized carbons (Fsp3) is 0.381. The van der Waals surface area contributed by atoms with E-state index in [1.165, 1.54) is 11.8 Å². The first-order chi connectivity index (χ1) is 12.9. The molecular weight excluding hydrogens is 379 g/mol. The van der Waals surface area contributed by atoms with Crippen LogP contribution in [0.4, 0.5) is 4.39 Å². The largest absolute Gasteiger partial charge is 0.345 e. The summed E-state index contributed by atoms with van der Waals surface area (Å²) in [5, 5.41) is -0.618. The van der Waals surface area contributed by atoms with Gasteiger partial charge in [-0.3, -0.25) is 4.79 Å². The van der Waals surface area contributed by atoms with Crippen LogP contribution in [0.5, 0.6) is 0 Å². The molecule has 0 heterocycles. The lowest BCUT2D eigenvalue weighted by Gasteiger charge is -2.22. The van der Waals surface area contributed by atoms with Gasteiger partial charge in [-0.1, -0.05) is 36.4 Å². The van der Waals surface area contributed by atoms with Crippen LogP contribution in [0.1, 0.15) is 36.7 Å². The minimum absolute atomic E-state index is 0.0704. The lowest BCUT2D eigenvalue weighted by Crippen LogP contribution is -2.39. The maximum atomic E-state index is 15.0. The molecule has 0 bridgehead atoms. The number of carbonyl (C=O) groups is 1. The molecule has 152 valence electrons. The molecule has 2 aromatic rings. The highest BCUT2D eigenvalue weighted by atomic mass is 32.2. The monoisotopic (exact) mass is 406 g/mol. The maximum absolute atomic E-state index is 15.0. The van der Waals surface area contributed by atoms with Crippen molar-refractivity contribution in [3.8, 4) is 11.1 Å². The third kappa shape index (κ3) is 5.17. The van der Waals surface area contributed by atoms with E-state index in [1.54, 1.807) is 64.3 Å². The Hall–Kier alpha value is -2.25. The van der Waals surface area contributed by atoms with Crippen molar-refractivity contribution in [3.63, 3.8) is 0 Å². The first-order valence-electron chi connectivity index (χ1n) is 9.04. The number of alkyl halides is 1. The van der Waals surface area contributed by atoms with Gasteiger partial charge in [0.25, 0.3) is 5.91 Å². The zero-order valence-electron chi connectivity index (χ0n) is 16.9. The Morgan fingerprint density at radius 3 is 1.93 bits per heavy atom. The molecule has 1 unspecified atom stereocenters. The Morgan fingerprint density at radius 2 is 1.50 bits per heavy atom. The van der Waals surface area contributed by atoms with Gasteiger partial charge >= 0.3 is 0 Å². The van der Waals surface area contributed by atoms with Crippen LogP contribution in [0.25, 0.3) is 11.1 Å². The van der Waals surface area contributed by atoms with E-state index in [9.17, 15) is 17.6 Å². The second-order valence-electron chi connectivity index (χ2n) is 7.47. The predicted molar refractivity (Wildman–Crippen MR) is 110 cm³/mol. The van der Waals surface area contributed by atoms with Crippen molar-refractivity contribution in [2.75, 3.05) is 20.6 Å². The number of rotatable bonds is 7. The highest BCUT2D eigenvalue weighted by Gasteiger charge is 2.29. The highest BCUT2D eigenvalue weighted by molar-refractivity contribution is 7.90. The summed E-state index contributed by atoms with van der Waals surface area (Å²) in [6.45, 7) is 4.12. The van der Waals surface area contributed by atoms with E-state index in [4.69, 9.17) is 0 Å². The summed E-state index contributed by atoms with van der Waals surface area (Å²) in [6, 6.07) is 14.1. The number of amides is 1. The van der Waals surface area contributed by atoms with E-state index in [-0.39, 0.29) is 12.5 Å². The summed E-state index contributed by atoms with van der Waals surface area (Å²) < 4.78 is 41.0. The maximum Gasteiger partial charge on any atom is 0.253 e. The zero-order chi connectivity index (χ0) is 21.1. The lowest BCUT2D eigenvalue weighted by atomic mass is 9.95. The van der Waals surface area contributed by atoms with Crippen molar-refractivity contribution in [3.05, 3.63) is 59.7 Å². The Bertz CT molecular complexity index is 919. The third-order valence-corrected chi connectivity index (χ3v) is 6.37. The van der Waals surface area contributed by atoms with E-state index in [0.717, 1.165) is 11.1 Å². The minimum atomic E-state index is -3.53. The molecule has 0 saturated heterocycles. The average Bonchev–Trinajstić information content (AvgIpc) is 2.66. The molecule has 0 saturated carbocycles. The number of hydrogen-bond acceptors (Lipinski definition) is 3. The summed E-state index contributed by atoms with van der Waals surface area (Å²) in [7, 11) is -0.132. The molecule has 1 amide bonds. The summed E-state index contributed by atoms with van der Waals surface area (Å²) in [5.74, 6) is -0.0704. The van der Waals surface area contributed by atoms with Gasteiger partial charge in [-0.25, -0.2) is 17.5 Å². The van der Waals surface area contributed by atoms with Crippen LogP contribution < -0.4 is 4.72 Å². The van der Waals surface area contributed by atoms with Gasteiger partial charge in [0.2, 0.25) is 10.0 Å². The van der Waals surface area contributed by atoms with E-state index in [0.29, 0.717) is 11.1 Å². The molecule has 5 nitrogen and oxygen atoms in total. The average molecular weight is 407 g/mol. The molecule has 0 aromatic heterocycles. The normalized spacial score (nSPS) is 14.0. The molecule has 0 radical (unpaired) electrons. The van der Waals surface area contributed by atoms with Crippen molar-refractivity contribution < 1.29 is 17.6 Å². The smallest absolute Gasteiger partial charge is 0.253 e. The first kappa shape index (κ1) is 22.0. The van der Waals surface area contributed by atoms with Gasteiger partial charge in [-0.15, -0.1) is 0 Å². The quantitative estimate of drug-likeness (QED) is 0.764. The standard InChI is InChI=1S/C21H27FN2O3S/c1-15(2)28(26,27)23-14-21(3,22)19-12-10-17(11-13-19)16-6-8-18(9-7-16)20(25)24(4)5/h6-13,15,23H,14H2,1-5H3. The number of nitrogens with zero attached hydrogens (tertiary/aromatic N) is 1. The number of carbonyl (C=O) groups excluding carboxylic acids is 1. The molecule has 2 aromatic carbocycles. The van der Waals surface area contributed by atoms with Crippen molar-refractivity contribution in [1.82, 2.24) is 9.62 Å². The predicted octanol–water partition coefficient (Wildman–Crippen LogP) is 3.57. The first-order valence-corrected chi connectivity index (χ1v) is 10.6. The molecule has 0 aliphatic rings. The third-order valence-electron chi connectivity index (χ3n) is 4.58. The minimum Gasteiger partial charge on any atom is -0.345 e. The molecule has 1 N–H and O–H groups in total. The summed E-state index contributed by atoms with van der Waals surface area (Å²) in [4.78, 5) is 13.5. The molecule has 2 rings (SSSR count). The molecule has 0 fully saturated rings.